The molecular formula is C28H31N2O4+. The SMILES string of the molecule is COc1ccc2c(c1OC)C(C)(C)[NH+]1CCc3cc4c(cc3C1C2Cc1ccccn1)OCO4. The van der Waals surface area contributed by atoms with E-state index in [1.54, 1.807) is 19.1 Å². The van der Waals surface area contributed by atoms with Crippen LogP contribution < -0.4 is 23.8 Å². The molecule has 0 saturated heterocycles. The predicted molar refractivity (Wildman–Crippen MR) is 128 cm³/mol. The van der Waals surface area contributed by atoms with Crippen LogP contribution in [0.25, 0.3) is 0 Å². The van der Waals surface area contributed by atoms with Crippen molar-refractivity contribution in [2.24, 2.45) is 0 Å². The maximum atomic E-state index is 5.99. The van der Waals surface area contributed by atoms with Gasteiger partial charge in [-0.1, -0.05) is 12.1 Å². The number of benzene rings is 2. The number of nitrogens with one attached hydrogen (secondary N) is 1. The molecule has 3 atom stereocenters. The zero-order chi connectivity index (χ0) is 23.4. The highest BCUT2D eigenvalue weighted by Crippen LogP contribution is 2.50. The van der Waals surface area contributed by atoms with Gasteiger partial charge >= 0.3 is 0 Å². The van der Waals surface area contributed by atoms with Gasteiger partial charge < -0.3 is 23.8 Å². The number of nitrogens with zero attached hydrogens (tertiary/aromatic N) is 1. The predicted octanol–water partition coefficient (Wildman–Crippen LogP) is 3.58. The Morgan fingerprint density at radius 1 is 1.03 bits per heavy atom. The van der Waals surface area contributed by atoms with Gasteiger partial charge in [0.25, 0.3) is 0 Å². The lowest BCUT2D eigenvalue weighted by Gasteiger charge is -2.52. The fourth-order valence-electron chi connectivity index (χ4n) is 6.49. The van der Waals surface area contributed by atoms with E-state index in [-0.39, 0.29) is 17.5 Å². The minimum Gasteiger partial charge on any atom is -0.493 e. The number of fused-ring (bicyclic) bond motifs is 5. The van der Waals surface area contributed by atoms with Gasteiger partial charge in [0, 0.05) is 36.2 Å². The summed E-state index contributed by atoms with van der Waals surface area (Å²) in [5.41, 5.74) is 6.20. The van der Waals surface area contributed by atoms with Gasteiger partial charge in [0.15, 0.2) is 23.0 Å². The third-order valence-corrected chi connectivity index (χ3v) is 7.97. The van der Waals surface area contributed by atoms with Gasteiger partial charge in [0.05, 0.1) is 26.3 Å². The first kappa shape index (κ1) is 21.3. The van der Waals surface area contributed by atoms with E-state index in [1.807, 2.05) is 18.3 Å². The topological polar surface area (TPSA) is 54.3 Å². The summed E-state index contributed by atoms with van der Waals surface area (Å²) < 4.78 is 23.2. The van der Waals surface area contributed by atoms with Gasteiger partial charge in [0.2, 0.25) is 6.79 Å². The summed E-state index contributed by atoms with van der Waals surface area (Å²) in [5, 5.41) is 0. The highest BCUT2D eigenvalue weighted by Gasteiger charge is 2.53. The number of quaternary nitrogens is 1. The Bertz CT molecular complexity index is 1240. The molecule has 34 heavy (non-hydrogen) atoms. The summed E-state index contributed by atoms with van der Waals surface area (Å²) in [6.07, 6.45) is 3.73. The number of aromatic nitrogens is 1. The van der Waals surface area contributed by atoms with Gasteiger partial charge in [0.1, 0.15) is 11.6 Å². The lowest BCUT2D eigenvalue weighted by Crippen LogP contribution is -3.20. The van der Waals surface area contributed by atoms with Gasteiger partial charge in [-0.05, 0) is 55.3 Å². The van der Waals surface area contributed by atoms with E-state index in [4.69, 9.17) is 23.9 Å². The van der Waals surface area contributed by atoms with E-state index in [1.165, 1.54) is 22.3 Å². The molecule has 6 rings (SSSR count). The van der Waals surface area contributed by atoms with E-state index in [0.29, 0.717) is 6.79 Å². The number of rotatable bonds is 4. The number of methoxy groups -OCH3 is 2. The van der Waals surface area contributed by atoms with Crippen molar-refractivity contribution in [2.75, 3.05) is 27.6 Å². The second-order valence-electron chi connectivity index (χ2n) is 9.93. The van der Waals surface area contributed by atoms with Crippen molar-refractivity contribution in [1.29, 1.82) is 0 Å². The van der Waals surface area contributed by atoms with Crippen molar-refractivity contribution in [1.82, 2.24) is 4.98 Å². The van der Waals surface area contributed by atoms with E-state index in [0.717, 1.165) is 48.1 Å². The number of ether oxygens (including phenoxy) is 4. The second kappa shape index (κ2) is 7.91. The molecule has 3 aromatic rings. The van der Waals surface area contributed by atoms with Crippen molar-refractivity contribution < 1.29 is 23.8 Å². The van der Waals surface area contributed by atoms with Crippen LogP contribution >= 0.6 is 0 Å². The summed E-state index contributed by atoms with van der Waals surface area (Å²) in [4.78, 5) is 6.24. The fourth-order valence-corrected chi connectivity index (χ4v) is 6.49. The maximum Gasteiger partial charge on any atom is 0.231 e. The van der Waals surface area contributed by atoms with Gasteiger partial charge in [-0.3, -0.25) is 4.98 Å². The Morgan fingerprint density at radius 3 is 2.59 bits per heavy atom. The quantitative estimate of drug-likeness (QED) is 0.646. The average Bonchev–Trinajstić information content (AvgIpc) is 3.32. The Labute approximate surface area is 200 Å². The number of pyridine rings is 1. The zero-order valence-electron chi connectivity index (χ0n) is 20.2. The molecule has 176 valence electrons. The fraction of sp³-hybridized carbons (Fsp3) is 0.393. The van der Waals surface area contributed by atoms with E-state index in [9.17, 15) is 0 Å². The molecule has 4 heterocycles. The number of hydrogen-bond acceptors (Lipinski definition) is 5. The molecule has 0 aliphatic carbocycles. The standard InChI is InChI=1S/C28H30N2O4/c1-28(2)25-19(8-9-22(31-3)27(25)32-4)21(14-18-7-5-6-11-29-18)26-20-15-24-23(33-16-34-24)13-17(20)10-12-30(26)28/h5-9,11,13,15,21,26H,10,12,14,16H2,1-4H3/p+1. The normalized spacial score (nSPS) is 23.5. The average molecular weight is 460 g/mol. The summed E-state index contributed by atoms with van der Waals surface area (Å²) in [7, 11) is 3.45. The molecule has 0 amide bonds. The smallest absolute Gasteiger partial charge is 0.231 e. The highest BCUT2D eigenvalue weighted by molar-refractivity contribution is 5.57. The third-order valence-electron chi connectivity index (χ3n) is 7.97. The lowest BCUT2D eigenvalue weighted by atomic mass is 9.68. The Hall–Kier alpha value is -3.25. The van der Waals surface area contributed by atoms with Crippen LogP contribution in [0.15, 0.2) is 48.7 Å². The molecule has 0 spiro atoms. The van der Waals surface area contributed by atoms with Crippen LogP contribution in [-0.4, -0.2) is 32.5 Å². The molecule has 3 aliphatic heterocycles. The van der Waals surface area contributed by atoms with Gasteiger partial charge in [-0.2, -0.15) is 0 Å². The van der Waals surface area contributed by atoms with Crippen molar-refractivity contribution in [3.05, 3.63) is 76.6 Å². The first-order chi connectivity index (χ1) is 16.5. The van der Waals surface area contributed by atoms with Crippen LogP contribution in [0.4, 0.5) is 0 Å². The van der Waals surface area contributed by atoms with Crippen LogP contribution in [0.2, 0.25) is 0 Å². The molecule has 2 aromatic carbocycles. The minimum atomic E-state index is -0.172. The summed E-state index contributed by atoms with van der Waals surface area (Å²) in [5.74, 6) is 3.58. The monoisotopic (exact) mass is 459 g/mol. The van der Waals surface area contributed by atoms with Crippen molar-refractivity contribution in [3.63, 3.8) is 0 Å². The van der Waals surface area contributed by atoms with E-state index >= 15 is 0 Å². The molecule has 0 radical (unpaired) electrons. The van der Waals surface area contributed by atoms with E-state index < -0.39 is 0 Å². The van der Waals surface area contributed by atoms with Crippen molar-refractivity contribution in [3.8, 4) is 23.0 Å². The summed E-state index contributed by atoms with van der Waals surface area (Å²) in [6.45, 7) is 6.00. The second-order valence-corrected chi connectivity index (χ2v) is 9.93. The van der Waals surface area contributed by atoms with Crippen LogP contribution in [0.1, 0.15) is 53.8 Å². The summed E-state index contributed by atoms with van der Waals surface area (Å²) >= 11 is 0. The molecular weight excluding hydrogens is 428 g/mol. The Balaban J connectivity index is 1.59. The first-order valence-corrected chi connectivity index (χ1v) is 12.0. The summed E-state index contributed by atoms with van der Waals surface area (Å²) in [6, 6.07) is 15.2. The molecule has 3 unspecified atom stereocenters. The van der Waals surface area contributed by atoms with E-state index in [2.05, 4.69) is 44.2 Å². The Kier molecular flexibility index (Phi) is 4.96. The van der Waals surface area contributed by atoms with Crippen LogP contribution in [-0.2, 0) is 18.4 Å². The van der Waals surface area contributed by atoms with Crippen molar-refractivity contribution in [2.45, 2.75) is 44.2 Å². The van der Waals surface area contributed by atoms with Crippen LogP contribution in [0.3, 0.4) is 0 Å². The lowest BCUT2D eigenvalue weighted by molar-refractivity contribution is -0.992. The van der Waals surface area contributed by atoms with Gasteiger partial charge in [-0.15, -0.1) is 0 Å². The molecule has 1 N–H and O–H groups in total. The molecule has 3 aliphatic rings. The maximum absolute atomic E-state index is 5.99. The number of hydrogen-bond donors (Lipinski definition) is 1. The molecule has 6 nitrogen and oxygen atoms in total. The molecule has 0 bridgehead atoms. The van der Waals surface area contributed by atoms with Crippen LogP contribution in [0, 0.1) is 0 Å². The third kappa shape index (κ3) is 3.08. The first-order valence-electron chi connectivity index (χ1n) is 12.0. The highest BCUT2D eigenvalue weighted by atomic mass is 16.7. The zero-order valence-corrected chi connectivity index (χ0v) is 20.2. The van der Waals surface area contributed by atoms with Crippen LogP contribution in [0.5, 0.6) is 23.0 Å². The molecule has 0 saturated carbocycles. The minimum absolute atomic E-state index is 0.172. The van der Waals surface area contributed by atoms with Gasteiger partial charge in [-0.25, -0.2) is 0 Å². The largest absolute Gasteiger partial charge is 0.493 e. The Morgan fingerprint density at radius 2 is 1.85 bits per heavy atom. The molecule has 1 aromatic heterocycles. The van der Waals surface area contributed by atoms with Crippen molar-refractivity contribution >= 4 is 0 Å². The molecule has 0 fully saturated rings. The molecule has 6 heteroatoms.